The molecule has 0 saturated carbocycles. The predicted octanol–water partition coefficient (Wildman–Crippen LogP) is 2.81. The summed E-state index contributed by atoms with van der Waals surface area (Å²) in [6.45, 7) is 3.21. The highest BCUT2D eigenvalue weighted by Gasteiger charge is 2.43. The molecule has 0 aliphatic carbocycles. The molecule has 2 aromatic carbocycles. The number of nitrogens with zero attached hydrogens (tertiary/aromatic N) is 1. The first kappa shape index (κ1) is 21.4. The molecule has 0 unspecified atom stereocenters. The summed E-state index contributed by atoms with van der Waals surface area (Å²) < 4.78 is 42.9. The van der Waals surface area contributed by atoms with Gasteiger partial charge in [-0.1, -0.05) is 24.3 Å². The van der Waals surface area contributed by atoms with E-state index in [2.05, 4.69) is 0 Å². The van der Waals surface area contributed by atoms with Gasteiger partial charge in [-0.05, 0) is 38.1 Å². The van der Waals surface area contributed by atoms with Gasteiger partial charge in [-0.2, -0.15) is 0 Å². The van der Waals surface area contributed by atoms with Crippen molar-refractivity contribution >= 4 is 27.7 Å². The number of hydrogen-bond acceptors (Lipinski definition) is 7. The van der Waals surface area contributed by atoms with Crippen molar-refractivity contribution in [2.45, 2.75) is 24.8 Å². The van der Waals surface area contributed by atoms with Crippen molar-refractivity contribution in [1.82, 2.24) is 4.31 Å². The monoisotopic (exact) mass is 431 g/mol. The second-order valence-electron chi connectivity index (χ2n) is 6.65. The van der Waals surface area contributed by atoms with Crippen LogP contribution in [0.25, 0.3) is 5.76 Å². The third-order valence-electron chi connectivity index (χ3n) is 4.47. The van der Waals surface area contributed by atoms with E-state index in [0.717, 1.165) is 11.4 Å². The van der Waals surface area contributed by atoms with Crippen LogP contribution in [0.3, 0.4) is 0 Å². The fourth-order valence-electron chi connectivity index (χ4n) is 3.21. The van der Waals surface area contributed by atoms with Crippen LogP contribution in [0.4, 0.5) is 0 Å². The molecule has 0 bridgehead atoms. The van der Waals surface area contributed by atoms with Crippen LogP contribution in [-0.2, 0) is 24.3 Å². The number of ether oxygens (including phenoxy) is 3. The number of hydrogen-bond donors (Lipinski definition) is 0. The minimum Gasteiger partial charge on any atom is -0.496 e. The lowest BCUT2D eigenvalue weighted by atomic mass is 10.1. The average Bonchev–Trinajstić information content (AvgIpc) is 2.74. The van der Waals surface area contributed by atoms with E-state index in [1.807, 2.05) is 0 Å². The quantitative estimate of drug-likeness (QED) is 0.671. The highest BCUT2D eigenvalue weighted by molar-refractivity contribution is 7.89. The van der Waals surface area contributed by atoms with E-state index in [1.54, 1.807) is 44.2 Å². The molecular formula is C21H21NO7S. The number of carbonyl (C=O) groups is 2. The molecule has 0 aromatic heterocycles. The zero-order valence-corrected chi connectivity index (χ0v) is 17.7. The van der Waals surface area contributed by atoms with Crippen LogP contribution in [0.1, 0.15) is 29.8 Å². The normalized spacial score (nSPS) is 14.9. The zero-order valence-electron chi connectivity index (χ0n) is 16.9. The van der Waals surface area contributed by atoms with Gasteiger partial charge in [0.25, 0.3) is 10.0 Å². The summed E-state index contributed by atoms with van der Waals surface area (Å²) >= 11 is 0. The molecule has 9 heteroatoms. The van der Waals surface area contributed by atoms with Gasteiger partial charge in [-0.3, -0.25) is 4.31 Å². The molecule has 0 fully saturated rings. The minimum atomic E-state index is -4.07. The third-order valence-corrected chi connectivity index (χ3v) is 6.51. The maximum Gasteiger partial charge on any atom is 0.359 e. The van der Waals surface area contributed by atoms with Crippen molar-refractivity contribution in [3.8, 4) is 5.75 Å². The molecule has 1 aliphatic heterocycles. The summed E-state index contributed by atoms with van der Waals surface area (Å²) in [5, 5.41) is 0. The van der Waals surface area contributed by atoms with Crippen molar-refractivity contribution in [2.24, 2.45) is 0 Å². The van der Waals surface area contributed by atoms with Crippen molar-refractivity contribution in [3.63, 3.8) is 0 Å². The molecule has 0 atom stereocenters. The Bertz CT molecular complexity index is 1140. The highest BCUT2D eigenvalue weighted by atomic mass is 32.2. The second-order valence-corrected chi connectivity index (χ2v) is 8.43. The fourth-order valence-corrected chi connectivity index (χ4v) is 5.07. The number of esters is 2. The molecule has 0 N–H and O–H groups in total. The van der Waals surface area contributed by atoms with Crippen LogP contribution in [-0.4, -0.2) is 44.9 Å². The molecule has 1 aliphatic rings. The van der Waals surface area contributed by atoms with E-state index < -0.39 is 28.0 Å². The van der Waals surface area contributed by atoms with Crippen LogP contribution in [0.5, 0.6) is 5.75 Å². The highest BCUT2D eigenvalue weighted by Crippen LogP contribution is 2.39. The van der Waals surface area contributed by atoms with Gasteiger partial charge in [-0.25, -0.2) is 18.0 Å². The largest absolute Gasteiger partial charge is 0.496 e. The number of methoxy groups -OCH3 is 2. The molecule has 2 aromatic rings. The molecular weight excluding hydrogens is 410 g/mol. The van der Waals surface area contributed by atoms with E-state index >= 15 is 0 Å². The average molecular weight is 431 g/mol. The first-order chi connectivity index (χ1) is 14.2. The maximum absolute atomic E-state index is 13.2. The lowest BCUT2D eigenvalue weighted by molar-refractivity contribution is -0.137. The van der Waals surface area contributed by atoms with Crippen LogP contribution in [0.15, 0.2) is 59.1 Å². The van der Waals surface area contributed by atoms with E-state index in [4.69, 9.17) is 14.2 Å². The van der Waals surface area contributed by atoms with Gasteiger partial charge in [0.1, 0.15) is 11.3 Å². The Labute approximate surface area is 174 Å². The smallest absolute Gasteiger partial charge is 0.359 e. The Kier molecular flexibility index (Phi) is 5.84. The number of para-hydroxylation sites is 1. The zero-order chi connectivity index (χ0) is 22.1. The van der Waals surface area contributed by atoms with Crippen molar-refractivity contribution in [3.05, 3.63) is 65.4 Å². The molecule has 0 spiro atoms. The van der Waals surface area contributed by atoms with Gasteiger partial charge >= 0.3 is 11.9 Å². The third kappa shape index (κ3) is 3.52. The first-order valence-corrected chi connectivity index (χ1v) is 10.5. The number of fused-ring (bicyclic) bond motifs is 1. The van der Waals surface area contributed by atoms with E-state index in [-0.39, 0.29) is 33.2 Å². The summed E-state index contributed by atoms with van der Waals surface area (Å²) in [5.41, 5.74) is -0.147. The predicted molar refractivity (Wildman–Crippen MR) is 108 cm³/mol. The first-order valence-electron chi connectivity index (χ1n) is 9.05. The van der Waals surface area contributed by atoms with Crippen LogP contribution in [0.2, 0.25) is 0 Å². The molecule has 30 heavy (non-hydrogen) atoms. The van der Waals surface area contributed by atoms with Crippen LogP contribution < -0.4 is 4.74 Å². The number of sulfonamides is 1. The lowest BCUT2D eigenvalue weighted by Crippen LogP contribution is -2.43. The Morgan fingerprint density at radius 2 is 1.57 bits per heavy atom. The molecule has 0 saturated heterocycles. The second kappa shape index (κ2) is 8.19. The molecule has 158 valence electrons. The van der Waals surface area contributed by atoms with Crippen molar-refractivity contribution < 1.29 is 32.2 Å². The van der Waals surface area contributed by atoms with Gasteiger partial charge in [-0.15, -0.1) is 0 Å². The summed E-state index contributed by atoms with van der Waals surface area (Å²) in [5.74, 6) is -1.66. The lowest BCUT2D eigenvalue weighted by Gasteiger charge is -2.34. The van der Waals surface area contributed by atoms with Crippen molar-refractivity contribution in [2.75, 3.05) is 14.2 Å². The Morgan fingerprint density at radius 3 is 2.20 bits per heavy atom. The van der Waals surface area contributed by atoms with Gasteiger partial charge < -0.3 is 14.2 Å². The van der Waals surface area contributed by atoms with E-state index in [9.17, 15) is 18.0 Å². The molecule has 1 heterocycles. The molecule has 0 radical (unpaired) electrons. The Hall–Kier alpha value is -3.33. The molecule has 0 amide bonds. The Balaban J connectivity index is 2.26. The summed E-state index contributed by atoms with van der Waals surface area (Å²) in [6, 6.07) is 11.8. The number of carbonyl (C=O) groups excluding carboxylic acids is 2. The summed E-state index contributed by atoms with van der Waals surface area (Å²) in [4.78, 5) is 25.5. The topological polar surface area (TPSA) is 99.2 Å². The van der Waals surface area contributed by atoms with Crippen molar-refractivity contribution in [1.29, 1.82) is 0 Å². The Morgan fingerprint density at radius 1 is 0.933 bits per heavy atom. The molecule has 3 rings (SSSR count). The number of benzene rings is 2. The summed E-state index contributed by atoms with van der Waals surface area (Å²) in [7, 11) is -1.54. The summed E-state index contributed by atoms with van der Waals surface area (Å²) in [6.07, 6.45) is 0. The fraction of sp³-hybridized carbons (Fsp3) is 0.238. The van der Waals surface area contributed by atoms with Gasteiger partial charge in [0.15, 0.2) is 11.5 Å². The van der Waals surface area contributed by atoms with E-state index in [1.165, 1.54) is 25.3 Å². The molecule has 8 nitrogen and oxygen atoms in total. The van der Waals surface area contributed by atoms with Crippen LogP contribution >= 0.6 is 0 Å². The SMILES string of the molecule is COC(=O)C1=C(OC(=O)c2ccccc2OC)c2ccccc2S(=O)(=O)N1C(C)C. The minimum absolute atomic E-state index is 0.0748. The standard InChI is InChI=1S/C21H21NO7S/c1-13(2)22-18(21(24)28-4)19(15-10-6-8-12-17(15)30(22,25)26)29-20(23)14-9-5-7-11-16(14)27-3/h5-13H,1-4H3. The van der Waals surface area contributed by atoms with E-state index in [0.29, 0.717) is 0 Å². The maximum atomic E-state index is 13.2. The number of rotatable bonds is 5. The van der Waals surface area contributed by atoms with Crippen LogP contribution in [0, 0.1) is 0 Å². The van der Waals surface area contributed by atoms with Gasteiger partial charge in [0, 0.05) is 11.6 Å². The van der Waals surface area contributed by atoms with Gasteiger partial charge in [0.2, 0.25) is 0 Å². The van der Waals surface area contributed by atoms with Gasteiger partial charge in [0.05, 0.1) is 19.1 Å².